The van der Waals surface area contributed by atoms with Gasteiger partial charge in [0, 0.05) is 11.6 Å². The molecule has 1 amide bonds. The third-order valence-corrected chi connectivity index (χ3v) is 3.16. The quantitative estimate of drug-likeness (QED) is 0.823. The summed E-state index contributed by atoms with van der Waals surface area (Å²) in [7, 11) is 0. The van der Waals surface area contributed by atoms with Crippen molar-refractivity contribution in [2.75, 3.05) is 5.32 Å². The Hall–Kier alpha value is -2.66. The molecule has 1 atom stereocenters. The van der Waals surface area contributed by atoms with Crippen LogP contribution in [-0.2, 0) is 16.0 Å². The van der Waals surface area contributed by atoms with Crippen molar-refractivity contribution in [1.29, 1.82) is 10.5 Å². The minimum Gasteiger partial charge on any atom is -0.325 e. The number of nitrogens with one attached hydrogen (secondary N) is 1. The first-order valence-electron chi connectivity index (χ1n) is 6.36. The van der Waals surface area contributed by atoms with E-state index in [0.717, 1.165) is 18.4 Å². The number of nitrogens with zero attached hydrogens (tertiary/aromatic N) is 2. The number of nitriles is 2. The summed E-state index contributed by atoms with van der Waals surface area (Å²) in [5, 5.41) is 20.1. The second-order valence-corrected chi connectivity index (χ2v) is 4.76. The molecule has 5 heteroatoms. The van der Waals surface area contributed by atoms with E-state index in [-0.39, 0.29) is 11.7 Å². The van der Waals surface area contributed by atoms with Crippen molar-refractivity contribution in [3.05, 3.63) is 29.8 Å². The van der Waals surface area contributed by atoms with Crippen LogP contribution >= 0.6 is 0 Å². The van der Waals surface area contributed by atoms with Gasteiger partial charge < -0.3 is 5.32 Å². The highest BCUT2D eigenvalue weighted by atomic mass is 16.2. The number of hydrogen-bond donors (Lipinski definition) is 1. The van der Waals surface area contributed by atoms with E-state index >= 15 is 0 Å². The number of hydrogen-bond acceptors (Lipinski definition) is 4. The summed E-state index contributed by atoms with van der Waals surface area (Å²) >= 11 is 0. The van der Waals surface area contributed by atoms with Crippen LogP contribution < -0.4 is 5.32 Å². The molecule has 1 unspecified atom stereocenters. The van der Waals surface area contributed by atoms with Gasteiger partial charge >= 0.3 is 0 Å². The highest BCUT2D eigenvalue weighted by Gasteiger charge is 2.38. The van der Waals surface area contributed by atoms with Gasteiger partial charge in [0.25, 0.3) is 0 Å². The maximum atomic E-state index is 11.9. The highest BCUT2D eigenvalue weighted by molar-refractivity contribution is 6.10. The minimum atomic E-state index is -1.23. The molecule has 1 aliphatic carbocycles. The van der Waals surface area contributed by atoms with Gasteiger partial charge in [0.15, 0.2) is 11.7 Å². The van der Waals surface area contributed by atoms with Crippen LogP contribution in [-0.4, -0.2) is 11.7 Å². The summed E-state index contributed by atoms with van der Waals surface area (Å²) in [5.41, 5.74) is 1.36. The van der Waals surface area contributed by atoms with Gasteiger partial charge in [0.2, 0.25) is 5.91 Å². The van der Waals surface area contributed by atoms with E-state index in [9.17, 15) is 9.59 Å². The van der Waals surface area contributed by atoms with E-state index in [1.165, 1.54) is 0 Å². The number of amides is 1. The lowest BCUT2D eigenvalue weighted by Gasteiger charge is -2.09. The lowest BCUT2D eigenvalue weighted by Crippen LogP contribution is -2.29. The number of benzene rings is 1. The van der Waals surface area contributed by atoms with Gasteiger partial charge in [-0.2, -0.15) is 10.5 Å². The van der Waals surface area contributed by atoms with Crippen molar-refractivity contribution in [2.24, 2.45) is 11.8 Å². The van der Waals surface area contributed by atoms with Crippen molar-refractivity contribution in [3.63, 3.8) is 0 Å². The Bertz CT molecular complexity index is 603. The molecule has 5 nitrogen and oxygen atoms in total. The molecule has 20 heavy (non-hydrogen) atoms. The summed E-state index contributed by atoms with van der Waals surface area (Å²) < 4.78 is 0. The van der Waals surface area contributed by atoms with E-state index in [1.807, 2.05) is 6.07 Å². The predicted octanol–water partition coefficient (Wildman–Crippen LogP) is 1.81. The SMILES string of the molecule is N#CCc1ccc(NC(=O)C(C#N)C(=O)C2CC2)cc1. The van der Waals surface area contributed by atoms with Crippen LogP contribution in [0.2, 0.25) is 0 Å². The van der Waals surface area contributed by atoms with E-state index in [2.05, 4.69) is 5.32 Å². The molecule has 0 spiro atoms. The van der Waals surface area contributed by atoms with Gasteiger partial charge in [-0.3, -0.25) is 9.59 Å². The molecule has 0 radical (unpaired) electrons. The van der Waals surface area contributed by atoms with Crippen molar-refractivity contribution in [2.45, 2.75) is 19.3 Å². The fraction of sp³-hybridized carbons (Fsp3) is 0.333. The lowest BCUT2D eigenvalue weighted by atomic mass is 10.0. The van der Waals surface area contributed by atoms with Gasteiger partial charge in [0.1, 0.15) is 0 Å². The maximum Gasteiger partial charge on any atom is 0.249 e. The van der Waals surface area contributed by atoms with E-state index in [4.69, 9.17) is 10.5 Å². The normalized spacial score (nSPS) is 14.7. The van der Waals surface area contributed by atoms with E-state index < -0.39 is 11.8 Å². The van der Waals surface area contributed by atoms with Gasteiger partial charge in [-0.25, -0.2) is 0 Å². The Morgan fingerprint density at radius 3 is 2.40 bits per heavy atom. The maximum absolute atomic E-state index is 11.9. The zero-order chi connectivity index (χ0) is 14.5. The van der Waals surface area contributed by atoms with Gasteiger partial charge in [-0.15, -0.1) is 0 Å². The molecule has 1 fully saturated rings. The summed E-state index contributed by atoms with van der Waals surface area (Å²) in [6.07, 6.45) is 1.84. The zero-order valence-corrected chi connectivity index (χ0v) is 10.8. The van der Waals surface area contributed by atoms with Gasteiger partial charge in [-0.1, -0.05) is 12.1 Å². The Morgan fingerprint density at radius 1 is 1.25 bits per heavy atom. The highest BCUT2D eigenvalue weighted by Crippen LogP contribution is 2.32. The first-order chi connectivity index (χ1) is 9.65. The molecule has 1 saturated carbocycles. The molecular weight excluding hydrogens is 254 g/mol. The molecule has 1 aromatic rings. The van der Waals surface area contributed by atoms with Crippen LogP contribution in [0.5, 0.6) is 0 Å². The third-order valence-electron chi connectivity index (χ3n) is 3.16. The number of anilines is 1. The molecule has 0 heterocycles. The van der Waals surface area contributed by atoms with Crippen LogP contribution in [0.15, 0.2) is 24.3 Å². The largest absolute Gasteiger partial charge is 0.325 e. The van der Waals surface area contributed by atoms with Crippen LogP contribution in [0.25, 0.3) is 0 Å². The van der Waals surface area contributed by atoms with Crippen LogP contribution in [0.4, 0.5) is 5.69 Å². The monoisotopic (exact) mass is 267 g/mol. The molecular formula is C15H13N3O2. The zero-order valence-electron chi connectivity index (χ0n) is 10.8. The standard InChI is InChI=1S/C15H13N3O2/c16-8-7-10-1-5-12(6-2-10)18-15(20)13(9-17)14(19)11-3-4-11/h1-2,5-6,11,13H,3-4,7H2,(H,18,20). The smallest absolute Gasteiger partial charge is 0.249 e. The number of carbonyl (C=O) groups excluding carboxylic acids is 2. The molecule has 0 aliphatic heterocycles. The van der Waals surface area contributed by atoms with Crippen molar-refractivity contribution < 1.29 is 9.59 Å². The first-order valence-corrected chi connectivity index (χ1v) is 6.36. The predicted molar refractivity (Wildman–Crippen MR) is 71.2 cm³/mol. The molecule has 0 aromatic heterocycles. The second-order valence-electron chi connectivity index (χ2n) is 4.76. The summed E-state index contributed by atoms with van der Waals surface area (Å²) in [5.74, 6) is -2.23. The summed E-state index contributed by atoms with van der Waals surface area (Å²) in [4.78, 5) is 23.7. The van der Waals surface area contributed by atoms with Crippen molar-refractivity contribution >= 4 is 17.4 Å². The van der Waals surface area contributed by atoms with Gasteiger partial charge in [-0.05, 0) is 30.5 Å². The summed E-state index contributed by atoms with van der Waals surface area (Å²) in [6, 6.07) is 10.6. The first kappa shape index (κ1) is 13.8. The number of Topliss-reactive ketones (excluding diaryl/α,β-unsaturated/α-hetero) is 1. The van der Waals surface area contributed by atoms with Crippen molar-refractivity contribution in [3.8, 4) is 12.1 Å². The minimum absolute atomic E-state index is 0.122. The number of ketones is 1. The molecule has 1 aromatic carbocycles. The Labute approximate surface area is 116 Å². The molecule has 1 aliphatic rings. The fourth-order valence-electron chi connectivity index (χ4n) is 1.87. The molecule has 0 bridgehead atoms. The van der Waals surface area contributed by atoms with Crippen LogP contribution in [0.3, 0.4) is 0 Å². The topological polar surface area (TPSA) is 93.8 Å². The fourth-order valence-corrected chi connectivity index (χ4v) is 1.87. The van der Waals surface area contributed by atoms with Gasteiger partial charge in [0.05, 0.1) is 18.6 Å². The van der Waals surface area contributed by atoms with E-state index in [1.54, 1.807) is 30.3 Å². The number of rotatable bonds is 5. The van der Waals surface area contributed by atoms with Crippen LogP contribution in [0.1, 0.15) is 18.4 Å². The van der Waals surface area contributed by atoms with Crippen molar-refractivity contribution in [1.82, 2.24) is 0 Å². The third kappa shape index (κ3) is 3.21. The Morgan fingerprint density at radius 2 is 1.90 bits per heavy atom. The molecule has 1 N–H and O–H groups in total. The Balaban J connectivity index is 2.01. The average molecular weight is 267 g/mol. The summed E-state index contributed by atoms with van der Waals surface area (Å²) in [6.45, 7) is 0. The molecule has 2 rings (SSSR count). The Kier molecular flexibility index (Phi) is 4.12. The molecule has 0 saturated heterocycles. The van der Waals surface area contributed by atoms with Crippen LogP contribution in [0, 0.1) is 34.5 Å². The lowest BCUT2D eigenvalue weighted by molar-refractivity contribution is -0.129. The molecule has 100 valence electrons. The average Bonchev–Trinajstić information content (AvgIpc) is 3.26. The number of carbonyl (C=O) groups is 2. The second kappa shape index (κ2) is 5.99. The van der Waals surface area contributed by atoms with E-state index in [0.29, 0.717) is 12.1 Å².